The van der Waals surface area contributed by atoms with Gasteiger partial charge in [0.1, 0.15) is 17.1 Å². The molecule has 1 N–H and O–H groups in total. The van der Waals surface area contributed by atoms with E-state index in [1.165, 1.54) is 0 Å². The van der Waals surface area contributed by atoms with Crippen LogP contribution in [0.15, 0.2) is 42.5 Å². The van der Waals surface area contributed by atoms with E-state index in [1.54, 1.807) is 37.4 Å². The predicted molar refractivity (Wildman–Crippen MR) is 99.5 cm³/mol. The van der Waals surface area contributed by atoms with Gasteiger partial charge in [-0.2, -0.15) is 0 Å². The van der Waals surface area contributed by atoms with Crippen LogP contribution in [-0.4, -0.2) is 41.9 Å². The summed E-state index contributed by atoms with van der Waals surface area (Å²) in [5.41, 5.74) is 1.06. The third-order valence-corrected chi connectivity index (χ3v) is 4.50. The van der Waals surface area contributed by atoms with Crippen molar-refractivity contribution in [3.8, 4) is 5.75 Å². The smallest absolute Gasteiger partial charge is 0.274 e. The number of piperidine rings is 1. The van der Waals surface area contributed by atoms with Gasteiger partial charge in [-0.1, -0.05) is 25.1 Å². The van der Waals surface area contributed by atoms with Gasteiger partial charge in [-0.05, 0) is 43.0 Å². The van der Waals surface area contributed by atoms with Crippen molar-refractivity contribution < 1.29 is 14.3 Å². The molecule has 6 heteroatoms. The van der Waals surface area contributed by atoms with Crippen molar-refractivity contribution >= 4 is 17.5 Å². The quantitative estimate of drug-likeness (QED) is 0.916. The Morgan fingerprint density at radius 3 is 2.69 bits per heavy atom. The zero-order chi connectivity index (χ0) is 18.5. The molecule has 26 heavy (non-hydrogen) atoms. The van der Waals surface area contributed by atoms with Gasteiger partial charge in [0.05, 0.1) is 12.8 Å². The van der Waals surface area contributed by atoms with Gasteiger partial charge < -0.3 is 15.0 Å². The molecule has 0 aliphatic carbocycles. The van der Waals surface area contributed by atoms with Crippen LogP contribution in [0.3, 0.4) is 0 Å². The first kappa shape index (κ1) is 17.9. The second kappa shape index (κ2) is 7.99. The molecule has 6 nitrogen and oxygen atoms in total. The van der Waals surface area contributed by atoms with E-state index in [1.807, 2.05) is 17.0 Å². The van der Waals surface area contributed by atoms with Crippen LogP contribution in [0.25, 0.3) is 0 Å². The number of likely N-dealkylation sites (tertiary alicyclic amines) is 1. The normalized spacial score (nSPS) is 16.8. The Kier molecular flexibility index (Phi) is 5.51. The van der Waals surface area contributed by atoms with Crippen LogP contribution in [0.4, 0.5) is 5.69 Å². The lowest BCUT2D eigenvalue weighted by Crippen LogP contribution is -2.39. The summed E-state index contributed by atoms with van der Waals surface area (Å²) >= 11 is 0. The third kappa shape index (κ3) is 4.02. The van der Waals surface area contributed by atoms with E-state index in [0.717, 1.165) is 25.9 Å². The van der Waals surface area contributed by atoms with Crippen molar-refractivity contribution in [2.75, 3.05) is 25.5 Å². The number of nitrogens with one attached hydrogen (secondary N) is 1. The molecule has 2 amide bonds. The predicted octanol–water partition coefficient (Wildman–Crippen LogP) is 3.21. The Hall–Kier alpha value is -2.89. The van der Waals surface area contributed by atoms with Gasteiger partial charge in [0.2, 0.25) is 0 Å². The Balaban J connectivity index is 1.76. The number of methoxy groups -OCH3 is 1. The first-order valence-electron chi connectivity index (χ1n) is 8.79. The summed E-state index contributed by atoms with van der Waals surface area (Å²) in [6.45, 7) is 3.62. The van der Waals surface area contributed by atoms with Crippen molar-refractivity contribution in [2.24, 2.45) is 5.92 Å². The van der Waals surface area contributed by atoms with E-state index in [4.69, 9.17) is 4.74 Å². The van der Waals surface area contributed by atoms with Gasteiger partial charge in [-0.25, -0.2) is 4.98 Å². The molecule has 1 aromatic heterocycles. The lowest BCUT2D eigenvalue weighted by Gasteiger charge is -2.30. The highest BCUT2D eigenvalue weighted by molar-refractivity contribution is 6.04. The SMILES string of the molecule is COc1ccccc1NC(=O)c1cccc(C(=O)N2CCCC(C)C2)n1. The van der Waals surface area contributed by atoms with Gasteiger partial charge in [-0.3, -0.25) is 9.59 Å². The van der Waals surface area contributed by atoms with Gasteiger partial charge in [0.15, 0.2) is 0 Å². The zero-order valence-electron chi connectivity index (χ0n) is 15.1. The van der Waals surface area contributed by atoms with E-state index in [2.05, 4.69) is 17.2 Å². The highest BCUT2D eigenvalue weighted by Gasteiger charge is 2.23. The molecule has 0 radical (unpaired) electrons. The number of carbonyl (C=O) groups is 2. The molecule has 0 saturated carbocycles. The minimum atomic E-state index is -0.379. The number of nitrogens with zero attached hydrogens (tertiary/aromatic N) is 2. The van der Waals surface area contributed by atoms with Gasteiger partial charge in [-0.15, -0.1) is 0 Å². The molecule has 0 spiro atoms. The third-order valence-electron chi connectivity index (χ3n) is 4.50. The summed E-state index contributed by atoms with van der Waals surface area (Å²) in [7, 11) is 1.54. The van der Waals surface area contributed by atoms with Crippen molar-refractivity contribution in [1.29, 1.82) is 0 Å². The number of anilines is 1. The minimum absolute atomic E-state index is 0.122. The van der Waals surface area contributed by atoms with E-state index < -0.39 is 0 Å². The van der Waals surface area contributed by atoms with E-state index in [-0.39, 0.29) is 17.5 Å². The van der Waals surface area contributed by atoms with E-state index in [0.29, 0.717) is 23.0 Å². The molecule has 1 aromatic carbocycles. The number of pyridine rings is 1. The Bertz CT molecular complexity index is 806. The lowest BCUT2D eigenvalue weighted by atomic mass is 10.00. The summed E-state index contributed by atoms with van der Waals surface area (Å²) in [4.78, 5) is 31.3. The van der Waals surface area contributed by atoms with Crippen LogP contribution in [0.1, 0.15) is 40.7 Å². The first-order valence-corrected chi connectivity index (χ1v) is 8.79. The number of hydrogen-bond acceptors (Lipinski definition) is 4. The maximum absolute atomic E-state index is 12.7. The topological polar surface area (TPSA) is 71.5 Å². The molecule has 0 bridgehead atoms. The van der Waals surface area contributed by atoms with Crippen LogP contribution >= 0.6 is 0 Å². The maximum Gasteiger partial charge on any atom is 0.274 e. The Morgan fingerprint density at radius 1 is 1.15 bits per heavy atom. The molecule has 1 aliphatic heterocycles. The molecule has 1 atom stereocenters. The van der Waals surface area contributed by atoms with Gasteiger partial charge in [0, 0.05) is 13.1 Å². The molecule has 1 aliphatic rings. The fraction of sp³-hybridized carbons (Fsp3) is 0.350. The number of benzene rings is 1. The number of para-hydroxylation sites is 2. The number of carbonyl (C=O) groups excluding carboxylic acids is 2. The van der Waals surface area contributed by atoms with E-state index in [9.17, 15) is 9.59 Å². The Labute approximate surface area is 153 Å². The molecular formula is C20H23N3O3. The monoisotopic (exact) mass is 353 g/mol. The molecule has 3 rings (SSSR count). The standard InChI is InChI=1S/C20H23N3O3/c1-14-7-6-12-23(13-14)20(25)17-10-5-9-16(21-17)19(24)22-15-8-3-4-11-18(15)26-2/h3-5,8-11,14H,6-7,12-13H2,1-2H3,(H,22,24). The molecule has 1 saturated heterocycles. The fourth-order valence-corrected chi connectivity index (χ4v) is 3.15. The summed E-state index contributed by atoms with van der Waals surface area (Å²) in [6.07, 6.45) is 2.14. The largest absolute Gasteiger partial charge is 0.495 e. The van der Waals surface area contributed by atoms with E-state index >= 15 is 0 Å². The van der Waals surface area contributed by atoms with Crippen LogP contribution in [0.2, 0.25) is 0 Å². The minimum Gasteiger partial charge on any atom is -0.495 e. The lowest BCUT2D eigenvalue weighted by molar-refractivity contribution is 0.0677. The maximum atomic E-state index is 12.7. The molecule has 2 heterocycles. The van der Waals surface area contributed by atoms with Gasteiger partial charge >= 0.3 is 0 Å². The highest BCUT2D eigenvalue weighted by Crippen LogP contribution is 2.23. The average Bonchev–Trinajstić information content (AvgIpc) is 2.68. The number of rotatable bonds is 4. The van der Waals surface area contributed by atoms with Crippen LogP contribution < -0.4 is 10.1 Å². The molecule has 2 aromatic rings. The van der Waals surface area contributed by atoms with Crippen molar-refractivity contribution in [2.45, 2.75) is 19.8 Å². The van der Waals surface area contributed by atoms with Crippen LogP contribution in [0.5, 0.6) is 5.75 Å². The van der Waals surface area contributed by atoms with Crippen molar-refractivity contribution in [3.05, 3.63) is 53.9 Å². The number of hydrogen-bond donors (Lipinski definition) is 1. The average molecular weight is 353 g/mol. The fourth-order valence-electron chi connectivity index (χ4n) is 3.15. The second-order valence-corrected chi connectivity index (χ2v) is 6.56. The summed E-state index contributed by atoms with van der Waals surface area (Å²) < 4.78 is 5.24. The van der Waals surface area contributed by atoms with Crippen LogP contribution in [0, 0.1) is 5.92 Å². The highest BCUT2D eigenvalue weighted by atomic mass is 16.5. The van der Waals surface area contributed by atoms with Crippen LogP contribution in [-0.2, 0) is 0 Å². The van der Waals surface area contributed by atoms with Gasteiger partial charge in [0.25, 0.3) is 11.8 Å². The molecular weight excluding hydrogens is 330 g/mol. The number of aromatic nitrogens is 1. The second-order valence-electron chi connectivity index (χ2n) is 6.56. The summed E-state index contributed by atoms with van der Waals surface area (Å²) in [5.74, 6) is 0.555. The number of ether oxygens (including phenoxy) is 1. The van der Waals surface area contributed by atoms with Crippen molar-refractivity contribution in [3.63, 3.8) is 0 Å². The summed E-state index contributed by atoms with van der Waals surface area (Å²) in [6, 6.07) is 12.1. The molecule has 1 unspecified atom stereocenters. The summed E-state index contributed by atoms with van der Waals surface area (Å²) in [5, 5.41) is 2.78. The number of amides is 2. The Morgan fingerprint density at radius 2 is 1.92 bits per heavy atom. The zero-order valence-corrected chi connectivity index (χ0v) is 15.1. The van der Waals surface area contributed by atoms with Crippen molar-refractivity contribution in [1.82, 2.24) is 9.88 Å². The molecule has 136 valence electrons. The first-order chi connectivity index (χ1) is 12.6. The molecule has 1 fully saturated rings.